The number of amides is 1. The molecule has 1 amide bonds. The molecule has 5 nitrogen and oxygen atoms in total. The molecule has 2 N–H and O–H groups in total. The molecule has 0 radical (unpaired) electrons. The average molecular weight is 345 g/mol. The smallest absolute Gasteiger partial charge is 0.222 e. The predicted molar refractivity (Wildman–Crippen MR) is 104 cm³/mol. The Kier molecular flexibility index (Phi) is 6.45. The molecule has 25 heavy (non-hydrogen) atoms. The number of guanidine groups is 1. The number of benzene rings is 1. The highest BCUT2D eigenvalue weighted by atomic mass is 16.2. The lowest BCUT2D eigenvalue weighted by Crippen LogP contribution is -2.48. The Morgan fingerprint density at radius 1 is 1.40 bits per heavy atom. The predicted octanol–water partition coefficient (Wildman–Crippen LogP) is 2.45. The summed E-state index contributed by atoms with van der Waals surface area (Å²) in [6.07, 6.45) is 1.54. The first-order chi connectivity index (χ1) is 11.9. The third kappa shape index (κ3) is 5.21. The van der Waals surface area contributed by atoms with Gasteiger partial charge in [-0.15, -0.1) is 0 Å². The topological polar surface area (TPSA) is 56.7 Å². The molecule has 1 aliphatic rings. The van der Waals surface area contributed by atoms with Gasteiger partial charge < -0.3 is 15.5 Å². The van der Waals surface area contributed by atoms with Crippen LogP contribution in [0.5, 0.6) is 0 Å². The number of hydrogen-bond donors (Lipinski definition) is 2. The number of likely N-dealkylation sites (tertiary alicyclic amines) is 1. The Balaban J connectivity index is 1.89. The van der Waals surface area contributed by atoms with Gasteiger partial charge in [-0.05, 0) is 18.9 Å². The van der Waals surface area contributed by atoms with Gasteiger partial charge in [0.2, 0.25) is 5.91 Å². The highest BCUT2D eigenvalue weighted by Gasteiger charge is 2.26. The first kappa shape index (κ1) is 19.3. The number of nitrogens with one attached hydrogen (secondary N) is 2. The lowest BCUT2D eigenvalue weighted by Gasteiger charge is -2.28. The maximum atomic E-state index is 11.8. The summed E-state index contributed by atoms with van der Waals surface area (Å²) < 4.78 is 0. The van der Waals surface area contributed by atoms with Gasteiger partial charge in [-0.3, -0.25) is 9.79 Å². The second-order valence-corrected chi connectivity index (χ2v) is 7.50. The van der Waals surface area contributed by atoms with Crippen LogP contribution in [-0.2, 0) is 10.2 Å². The Bertz CT molecular complexity index is 624. The lowest BCUT2D eigenvalue weighted by atomic mass is 9.84. The molecule has 1 aromatic carbocycles. The Morgan fingerprint density at radius 3 is 2.80 bits per heavy atom. The van der Waals surface area contributed by atoms with E-state index in [0.717, 1.165) is 32.0 Å². The van der Waals surface area contributed by atoms with Crippen molar-refractivity contribution in [2.75, 3.05) is 26.7 Å². The van der Waals surface area contributed by atoms with E-state index in [1.54, 1.807) is 7.05 Å². The van der Waals surface area contributed by atoms with Gasteiger partial charge in [0.1, 0.15) is 0 Å². The van der Waals surface area contributed by atoms with E-state index in [-0.39, 0.29) is 17.4 Å². The Labute approximate surface area is 151 Å². The van der Waals surface area contributed by atoms with Crippen LogP contribution in [-0.4, -0.2) is 49.5 Å². The van der Waals surface area contributed by atoms with E-state index in [9.17, 15) is 4.79 Å². The van der Waals surface area contributed by atoms with Crippen LogP contribution in [0, 0.1) is 6.92 Å². The molecule has 1 saturated heterocycles. The zero-order valence-corrected chi connectivity index (χ0v) is 16.2. The zero-order chi connectivity index (χ0) is 18.4. The van der Waals surface area contributed by atoms with Gasteiger partial charge in [0.25, 0.3) is 0 Å². The molecule has 138 valence electrons. The fourth-order valence-electron chi connectivity index (χ4n) is 3.19. The van der Waals surface area contributed by atoms with Crippen LogP contribution in [0.2, 0.25) is 0 Å². The summed E-state index contributed by atoms with van der Waals surface area (Å²) >= 11 is 0. The number of aliphatic imine (C=N–C) groups is 1. The van der Waals surface area contributed by atoms with E-state index in [1.165, 1.54) is 11.1 Å². The van der Waals surface area contributed by atoms with Crippen LogP contribution in [0.3, 0.4) is 0 Å². The van der Waals surface area contributed by atoms with Crippen LogP contribution < -0.4 is 10.6 Å². The Hall–Kier alpha value is -2.04. The van der Waals surface area contributed by atoms with E-state index in [0.29, 0.717) is 6.42 Å². The molecule has 0 bridgehead atoms. The molecular weight excluding hydrogens is 312 g/mol. The quantitative estimate of drug-likeness (QED) is 0.637. The molecule has 1 heterocycles. The van der Waals surface area contributed by atoms with Gasteiger partial charge in [-0.2, -0.15) is 0 Å². The van der Waals surface area contributed by atoms with E-state index in [2.05, 4.69) is 60.7 Å². The van der Waals surface area contributed by atoms with Crippen LogP contribution >= 0.6 is 0 Å². The second kappa shape index (κ2) is 8.37. The fourth-order valence-corrected chi connectivity index (χ4v) is 3.19. The standard InChI is InChI=1S/C20H32N4O/c1-6-18(25)24-11-10-17(13-24)23-19(21-5)22-14-20(3,4)16-9-7-8-15(2)12-16/h7-9,12,17H,6,10-11,13-14H2,1-5H3,(H2,21,22,23). The minimum atomic E-state index is 0.00350. The maximum Gasteiger partial charge on any atom is 0.222 e. The summed E-state index contributed by atoms with van der Waals surface area (Å²) in [5.41, 5.74) is 2.60. The lowest BCUT2D eigenvalue weighted by molar-refractivity contribution is -0.129. The monoisotopic (exact) mass is 344 g/mol. The minimum Gasteiger partial charge on any atom is -0.356 e. The van der Waals surface area contributed by atoms with Crippen molar-refractivity contribution in [2.45, 2.75) is 52.0 Å². The van der Waals surface area contributed by atoms with Gasteiger partial charge in [0, 0.05) is 44.6 Å². The summed E-state index contributed by atoms with van der Waals surface area (Å²) in [5, 5.41) is 6.90. The molecule has 1 aromatic rings. The largest absolute Gasteiger partial charge is 0.356 e. The van der Waals surface area contributed by atoms with Crippen molar-refractivity contribution >= 4 is 11.9 Å². The fraction of sp³-hybridized carbons (Fsp3) is 0.600. The van der Waals surface area contributed by atoms with E-state index in [4.69, 9.17) is 0 Å². The van der Waals surface area contributed by atoms with Crippen LogP contribution in [0.15, 0.2) is 29.3 Å². The molecule has 2 rings (SSSR count). The zero-order valence-electron chi connectivity index (χ0n) is 16.2. The van der Waals surface area contributed by atoms with E-state index < -0.39 is 0 Å². The van der Waals surface area contributed by atoms with Crippen LogP contribution in [0.25, 0.3) is 0 Å². The first-order valence-electron chi connectivity index (χ1n) is 9.18. The van der Waals surface area contributed by atoms with E-state index in [1.807, 2.05) is 11.8 Å². The van der Waals surface area contributed by atoms with Crippen molar-refractivity contribution in [3.8, 4) is 0 Å². The number of carbonyl (C=O) groups is 1. The van der Waals surface area contributed by atoms with Crippen molar-refractivity contribution in [3.63, 3.8) is 0 Å². The highest BCUT2D eigenvalue weighted by Crippen LogP contribution is 2.23. The highest BCUT2D eigenvalue weighted by molar-refractivity contribution is 5.80. The minimum absolute atomic E-state index is 0.00350. The molecule has 0 saturated carbocycles. The van der Waals surface area contributed by atoms with Gasteiger partial charge in [0.15, 0.2) is 5.96 Å². The van der Waals surface area contributed by atoms with Gasteiger partial charge >= 0.3 is 0 Å². The molecule has 0 aliphatic carbocycles. The van der Waals surface area contributed by atoms with Crippen LogP contribution in [0.1, 0.15) is 44.7 Å². The van der Waals surface area contributed by atoms with Crippen molar-refractivity contribution in [2.24, 2.45) is 4.99 Å². The van der Waals surface area contributed by atoms with Gasteiger partial charge in [0.05, 0.1) is 0 Å². The Morgan fingerprint density at radius 2 is 2.16 bits per heavy atom. The van der Waals surface area contributed by atoms with Gasteiger partial charge in [-0.1, -0.05) is 50.6 Å². The molecule has 1 atom stereocenters. The number of hydrogen-bond acceptors (Lipinski definition) is 2. The molecule has 1 fully saturated rings. The molecular formula is C20H32N4O. The second-order valence-electron chi connectivity index (χ2n) is 7.50. The summed E-state index contributed by atoms with van der Waals surface area (Å²) in [6, 6.07) is 8.91. The van der Waals surface area contributed by atoms with E-state index >= 15 is 0 Å². The van der Waals surface area contributed by atoms with Crippen LogP contribution in [0.4, 0.5) is 0 Å². The summed E-state index contributed by atoms with van der Waals surface area (Å²) in [5.74, 6) is 1.03. The molecule has 1 unspecified atom stereocenters. The van der Waals surface area contributed by atoms with Gasteiger partial charge in [-0.25, -0.2) is 0 Å². The summed E-state index contributed by atoms with van der Waals surface area (Å²) in [7, 11) is 1.79. The summed E-state index contributed by atoms with van der Waals surface area (Å²) in [6.45, 7) is 10.9. The average Bonchev–Trinajstić information content (AvgIpc) is 3.06. The van der Waals surface area contributed by atoms with Crippen molar-refractivity contribution in [1.82, 2.24) is 15.5 Å². The number of aryl methyl sites for hydroxylation is 1. The number of carbonyl (C=O) groups excluding carboxylic acids is 1. The molecule has 0 spiro atoms. The number of rotatable bonds is 5. The SMILES string of the molecule is CCC(=O)N1CCC(NC(=NC)NCC(C)(C)c2cccc(C)c2)C1. The molecule has 1 aliphatic heterocycles. The maximum absolute atomic E-state index is 11.8. The normalized spacial score (nSPS) is 18.4. The third-order valence-corrected chi connectivity index (χ3v) is 4.91. The van der Waals surface area contributed by atoms with Crippen molar-refractivity contribution in [3.05, 3.63) is 35.4 Å². The first-order valence-corrected chi connectivity index (χ1v) is 9.18. The number of nitrogens with zero attached hydrogens (tertiary/aromatic N) is 2. The molecule has 5 heteroatoms. The molecule has 0 aromatic heterocycles. The van der Waals surface area contributed by atoms with Crippen molar-refractivity contribution in [1.29, 1.82) is 0 Å². The third-order valence-electron chi connectivity index (χ3n) is 4.91. The van der Waals surface area contributed by atoms with Crippen molar-refractivity contribution < 1.29 is 4.79 Å². The summed E-state index contributed by atoms with van der Waals surface area (Å²) in [4.78, 5) is 18.1.